The smallest absolute Gasteiger partial charge is 0.161 e. The van der Waals surface area contributed by atoms with Crippen molar-refractivity contribution in [3.8, 4) is 0 Å². The molecule has 0 aliphatic heterocycles. The van der Waals surface area contributed by atoms with Crippen molar-refractivity contribution in [3.63, 3.8) is 0 Å². The molecule has 0 aromatic heterocycles. The maximum atomic E-state index is 12.0. The Morgan fingerprint density at radius 1 is 1.19 bits per heavy atom. The van der Waals surface area contributed by atoms with E-state index in [0.717, 1.165) is 6.42 Å². The van der Waals surface area contributed by atoms with Crippen LogP contribution in [-0.2, 0) is 9.53 Å². The lowest BCUT2D eigenvalue weighted by atomic mass is 9.90. The Morgan fingerprint density at radius 3 is 2.31 bits per heavy atom. The lowest BCUT2D eigenvalue weighted by Gasteiger charge is -2.24. The van der Waals surface area contributed by atoms with Crippen LogP contribution in [0.2, 0.25) is 0 Å². The van der Waals surface area contributed by atoms with E-state index in [1.165, 1.54) is 38.5 Å². The lowest BCUT2D eigenvalue weighted by molar-refractivity contribution is -0.134. The van der Waals surface area contributed by atoms with E-state index in [4.69, 9.17) is 4.74 Å². The van der Waals surface area contributed by atoms with Crippen LogP contribution in [0.3, 0.4) is 0 Å². The number of hydrogen-bond acceptors (Lipinski definition) is 2. The fourth-order valence-corrected chi connectivity index (χ4v) is 2.67. The van der Waals surface area contributed by atoms with Gasteiger partial charge in [0.25, 0.3) is 0 Å². The summed E-state index contributed by atoms with van der Waals surface area (Å²) in [6.07, 6.45) is 9.08. The maximum absolute atomic E-state index is 12.0. The molecular weight excluding hydrogens is 200 g/mol. The molecule has 0 radical (unpaired) electrons. The molecule has 2 heteroatoms. The third-order valence-corrected chi connectivity index (χ3v) is 3.49. The van der Waals surface area contributed by atoms with Gasteiger partial charge in [0.15, 0.2) is 5.78 Å². The SMILES string of the molecule is CCCC(=O)C(OCC)C1CCCCCC1. The Kier molecular flexibility index (Phi) is 6.70. The fraction of sp³-hybridized carbons (Fsp3) is 0.929. The highest BCUT2D eigenvalue weighted by Gasteiger charge is 2.28. The van der Waals surface area contributed by atoms with Crippen molar-refractivity contribution in [2.24, 2.45) is 5.92 Å². The average molecular weight is 226 g/mol. The second kappa shape index (κ2) is 7.83. The number of carbonyl (C=O) groups excluding carboxylic acids is 1. The summed E-state index contributed by atoms with van der Waals surface area (Å²) in [4.78, 5) is 12.0. The zero-order valence-corrected chi connectivity index (χ0v) is 10.8. The molecule has 0 N–H and O–H groups in total. The van der Waals surface area contributed by atoms with E-state index in [1.54, 1.807) is 0 Å². The molecule has 0 amide bonds. The normalized spacial score (nSPS) is 20.4. The Hall–Kier alpha value is -0.370. The number of ether oxygens (including phenoxy) is 1. The van der Waals surface area contributed by atoms with Gasteiger partial charge in [0.05, 0.1) is 0 Å². The predicted molar refractivity (Wildman–Crippen MR) is 66.5 cm³/mol. The van der Waals surface area contributed by atoms with Crippen LogP contribution >= 0.6 is 0 Å². The number of hydrogen-bond donors (Lipinski definition) is 0. The first-order valence-corrected chi connectivity index (χ1v) is 6.93. The summed E-state index contributed by atoms with van der Waals surface area (Å²) in [5.41, 5.74) is 0. The van der Waals surface area contributed by atoms with Gasteiger partial charge in [-0.25, -0.2) is 0 Å². The molecule has 1 rings (SSSR count). The highest BCUT2D eigenvalue weighted by molar-refractivity contribution is 5.83. The highest BCUT2D eigenvalue weighted by atomic mass is 16.5. The average Bonchev–Trinajstić information content (AvgIpc) is 2.54. The first-order chi connectivity index (χ1) is 7.79. The van der Waals surface area contributed by atoms with E-state index in [-0.39, 0.29) is 6.10 Å². The van der Waals surface area contributed by atoms with Gasteiger partial charge in [-0.3, -0.25) is 4.79 Å². The van der Waals surface area contributed by atoms with Crippen molar-refractivity contribution in [2.45, 2.75) is 71.3 Å². The van der Waals surface area contributed by atoms with E-state index in [1.807, 2.05) is 6.92 Å². The minimum absolute atomic E-state index is 0.108. The van der Waals surface area contributed by atoms with Crippen molar-refractivity contribution in [1.82, 2.24) is 0 Å². The van der Waals surface area contributed by atoms with Crippen molar-refractivity contribution in [2.75, 3.05) is 6.61 Å². The summed E-state index contributed by atoms with van der Waals surface area (Å²) in [6, 6.07) is 0. The van der Waals surface area contributed by atoms with Gasteiger partial charge in [-0.2, -0.15) is 0 Å². The second-order valence-electron chi connectivity index (χ2n) is 4.84. The van der Waals surface area contributed by atoms with Gasteiger partial charge in [0.2, 0.25) is 0 Å². The molecule has 0 spiro atoms. The van der Waals surface area contributed by atoms with Crippen LogP contribution in [0.1, 0.15) is 65.2 Å². The standard InChI is InChI=1S/C14H26O2/c1-3-9-13(15)14(16-4-2)12-10-7-5-6-8-11-12/h12,14H,3-11H2,1-2H3. The Bertz CT molecular complexity index is 193. The van der Waals surface area contributed by atoms with Gasteiger partial charge in [-0.15, -0.1) is 0 Å². The van der Waals surface area contributed by atoms with Gasteiger partial charge < -0.3 is 4.74 Å². The quantitative estimate of drug-likeness (QED) is 0.645. The minimum atomic E-state index is -0.108. The van der Waals surface area contributed by atoms with Gasteiger partial charge in [0.1, 0.15) is 6.10 Å². The van der Waals surface area contributed by atoms with Gasteiger partial charge in [-0.05, 0) is 32.1 Å². The predicted octanol–water partition coefficient (Wildman–Crippen LogP) is 3.73. The van der Waals surface area contributed by atoms with Gasteiger partial charge in [0, 0.05) is 13.0 Å². The number of rotatable bonds is 6. The number of carbonyl (C=O) groups is 1. The highest BCUT2D eigenvalue weighted by Crippen LogP contribution is 2.28. The Balaban J connectivity index is 2.55. The molecule has 0 heterocycles. The van der Waals surface area contributed by atoms with Crippen LogP contribution in [0.5, 0.6) is 0 Å². The third kappa shape index (κ3) is 4.25. The molecule has 1 unspecified atom stereocenters. The van der Waals surface area contributed by atoms with Crippen LogP contribution in [0.15, 0.2) is 0 Å². The van der Waals surface area contributed by atoms with Crippen LogP contribution in [0.4, 0.5) is 0 Å². The summed E-state index contributed by atoms with van der Waals surface area (Å²) >= 11 is 0. The lowest BCUT2D eigenvalue weighted by Crippen LogP contribution is -2.32. The topological polar surface area (TPSA) is 26.3 Å². The maximum Gasteiger partial charge on any atom is 0.161 e. The monoisotopic (exact) mass is 226 g/mol. The van der Waals surface area contributed by atoms with E-state index >= 15 is 0 Å². The fourth-order valence-electron chi connectivity index (χ4n) is 2.67. The molecule has 1 aliphatic carbocycles. The summed E-state index contributed by atoms with van der Waals surface area (Å²) in [6.45, 7) is 4.72. The number of Topliss-reactive ketones (excluding diaryl/α,β-unsaturated/α-hetero) is 1. The number of ketones is 1. The van der Waals surface area contributed by atoms with Crippen LogP contribution in [0.25, 0.3) is 0 Å². The summed E-state index contributed by atoms with van der Waals surface area (Å²) in [7, 11) is 0. The molecule has 94 valence electrons. The molecular formula is C14H26O2. The van der Waals surface area contributed by atoms with Gasteiger partial charge in [-0.1, -0.05) is 32.6 Å². The molecule has 0 aromatic carbocycles. The van der Waals surface area contributed by atoms with E-state index in [9.17, 15) is 4.79 Å². The molecule has 0 aromatic rings. The molecule has 0 saturated heterocycles. The van der Waals surface area contributed by atoms with E-state index in [0.29, 0.717) is 24.7 Å². The van der Waals surface area contributed by atoms with Gasteiger partial charge >= 0.3 is 0 Å². The Labute approximate surface area is 99.8 Å². The molecule has 16 heavy (non-hydrogen) atoms. The minimum Gasteiger partial charge on any atom is -0.370 e. The molecule has 2 nitrogen and oxygen atoms in total. The summed E-state index contributed by atoms with van der Waals surface area (Å²) in [5.74, 6) is 0.817. The molecule has 1 saturated carbocycles. The van der Waals surface area contributed by atoms with Crippen molar-refractivity contribution >= 4 is 5.78 Å². The molecule has 1 fully saturated rings. The van der Waals surface area contributed by atoms with Crippen LogP contribution < -0.4 is 0 Å². The van der Waals surface area contributed by atoms with Crippen molar-refractivity contribution in [1.29, 1.82) is 0 Å². The van der Waals surface area contributed by atoms with Crippen LogP contribution in [-0.4, -0.2) is 18.5 Å². The zero-order valence-electron chi connectivity index (χ0n) is 10.8. The zero-order chi connectivity index (χ0) is 11.8. The first-order valence-electron chi connectivity index (χ1n) is 6.93. The first kappa shape index (κ1) is 13.7. The van der Waals surface area contributed by atoms with E-state index < -0.39 is 0 Å². The third-order valence-electron chi connectivity index (χ3n) is 3.49. The largest absolute Gasteiger partial charge is 0.370 e. The second-order valence-corrected chi connectivity index (χ2v) is 4.84. The summed E-state index contributed by atoms with van der Waals surface area (Å²) in [5, 5.41) is 0. The van der Waals surface area contributed by atoms with Crippen molar-refractivity contribution < 1.29 is 9.53 Å². The van der Waals surface area contributed by atoms with E-state index in [2.05, 4.69) is 6.92 Å². The van der Waals surface area contributed by atoms with Crippen LogP contribution in [0, 0.1) is 5.92 Å². The summed E-state index contributed by atoms with van der Waals surface area (Å²) < 4.78 is 5.70. The molecule has 1 atom stereocenters. The Morgan fingerprint density at radius 2 is 1.81 bits per heavy atom. The molecule has 0 bridgehead atoms. The van der Waals surface area contributed by atoms with Crippen molar-refractivity contribution in [3.05, 3.63) is 0 Å². The molecule has 1 aliphatic rings.